The largest absolute Gasteiger partial charge is 0.484 e. The van der Waals surface area contributed by atoms with Gasteiger partial charge in [0.05, 0.1) is 23.5 Å². The first kappa shape index (κ1) is 49.3. The van der Waals surface area contributed by atoms with Crippen molar-refractivity contribution in [3.63, 3.8) is 0 Å². The second-order valence-corrected chi connectivity index (χ2v) is 15.8. The molecule has 1 N–H and O–H groups in total. The Morgan fingerprint density at radius 1 is 0.733 bits per heavy atom. The molecule has 10 nitrogen and oxygen atoms in total. The number of β-amino-alcohol motifs (C(OH)–C–C–N with tert-alkyl or cyclic N) is 1. The van der Waals surface area contributed by atoms with Crippen LogP contribution in [-0.2, 0) is 17.5 Å². The molecule has 2 fully saturated rings. The summed E-state index contributed by atoms with van der Waals surface area (Å²) in [5, 5.41) is 9.71. The highest BCUT2D eigenvalue weighted by Crippen LogP contribution is 2.49. The van der Waals surface area contributed by atoms with E-state index >= 15 is 0 Å². The molecule has 0 aliphatic carbocycles. The van der Waals surface area contributed by atoms with Crippen LogP contribution in [0.3, 0.4) is 0 Å². The highest BCUT2D eigenvalue weighted by Gasteiger charge is 2.33. The number of anilines is 2. The van der Waals surface area contributed by atoms with Crippen molar-refractivity contribution >= 4 is 77.9 Å². The van der Waals surface area contributed by atoms with E-state index in [0.29, 0.717) is 42.6 Å². The summed E-state index contributed by atoms with van der Waals surface area (Å²) < 4.78 is 56.3. The number of ether oxygens (including phenoxy) is 3. The number of fused-ring (bicyclic) bond motifs is 3. The molecular formula is C42H50Cl4F3N5O5S. The van der Waals surface area contributed by atoms with Gasteiger partial charge in [-0.15, -0.1) is 37.2 Å². The average Bonchev–Trinajstić information content (AvgIpc) is 3.69. The van der Waals surface area contributed by atoms with E-state index in [2.05, 4.69) is 20.8 Å². The molecule has 8 rings (SSSR count). The van der Waals surface area contributed by atoms with Crippen molar-refractivity contribution in [2.75, 3.05) is 96.9 Å². The fourth-order valence-corrected chi connectivity index (χ4v) is 8.50. The fourth-order valence-electron chi connectivity index (χ4n) is 7.30. The number of halogens is 7. The van der Waals surface area contributed by atoms with Gasteiger partial charge in [-0.1, -0.05) is 41.6 Å². The Labute approximate surface area is 377 Å². The Morgan fingerprint density at radius 2 is 1.38 bits per heavy atom. The maximum atomic E-state index is 13.3. The van der Waals surface area contributed by atoms with Crippen molar-refractivity contribution in [3.05, 3.63) is 101 Å². The average molecular weight is 936 g/mol. The van der Waals surface area contributed by atoms with Crippen LogP contribution in [0.15, 0.2) is 94.7 Å². The summed E-state index contributed by atoms with van der Waals surface area (Å²) in [6.07, 6.45) is -3.48. The van der Waals surface area contributed by atoms with Crippen LogP contribution in [0.4, 0.5) is 24.5 Å². The number of aliphatic hydroxyl groups excluding tert-OH is 1. The van der Waals surface area contributed by atoms with E-state index in [9.17, 15) is 18.0 Å². The van der Waals surface area contributed by atoms with Gasteiger partial charge in [-0.05, 0) is 85.3 Å². The lowest BCUT2D eigenvalue weighted by atomic mass is 10.1. The Hall–Kier alpha value is -3.31. The summed E-state index contributed by atoms with van der Waals surface area (Å²) in [5.74, 6) is 2.26. The molecule has 0 aromatic heterocycles. The van der Waals surface area contributed by atoms with Gasteiger partial charge < -0.3 is 34.0 Å². The minimum Gasteiger partial charge on any atom is -0.484 e. The van der Waals surface area contributed by atoms with Gasteiger partial charge in [0.25, 0.3) is 5.91 Å². The van der Waals surface area contributed by atoms with Gasteiger partial charge in [-0.2, -0.15) is 13.2 Å². The normalized spacial score (nSPS) is 16.2. The maximum absolute atomic E-state index is 13.3. The van der Waals surface area contributed by atoms with Gasteiger partial charge in [0.15, 0.2) is 18.1 Å². The molecule has 2 saturated heterocycles. The number of amides is 1. The Kier molecular flexibility index (Phi) is 19.1. The van der Waals surface area contributed by atoms with Crippen LogP contribution in [0.1, 0.15) is 17.5 Å². The lowest BCUT2D eigenvalue weighted by molar-refractivity contribution is -0.137. The smallest absolute Gasteiger partial charge is 0.416 e. The number of para-hydroxylation sites is 1. The first-order valence-electron chi connectivity index (χ1n) is 19.2. The summed E-state index contributed by atoms with van der Waals surface area (Å²) in [4.78, 5) is 25.2. The first-order chi connectivity index (χ1) is 27.6. The van der Waals surface area contributed by atoms with E-state index in [1.165, 1.54) is 29.5 Å². The van der Waals surface area contributed by atoms with Gasteiger partial charge in [0.1, 0.15) is 5.75 Å². The second kappa shape index (κ2) is 23.2. The third-order valence-corrected chi connectivity index (χ3v) is 11.8. The molecule has 0 saturated carbocycles. The summed E-state index contributed by atoms with van der Waals surface area (Å²) in [7, 11) is 0. The van der Waals surface area contributed by atoms with E-state index < -0.39 is 11.7 Å². The molecule has 0 atom stereocenters. The minimum absolute atomic E-state index is 0. The number of benzene rings is 4. The fraction of sp³-hybridized carbons (Fsp3) is 0.405. The third-order valence-electron chi connectivity index (χ3n) is 10.4. The number of nitrogens with zero attached hydrogens (tertiary/aromatic N) is 5. The van der Waals surface area contributed by atoms with E-state index in [-0.39, 0.29) is 63.1 Å². The molecule has 1 amide bonds. The highest BCUT2D eigenvalue weighted by molar-refractivity contribution is 7.99. The van der Waals surface area contributed by atoms with Gasteiger partial charge >= 0.3 is 6.18 Å². The van der Waals surface area contributed by atoms with E-state index in [1.54, 1.807) is 30.3 Å². The summed E-state index contributed by atoms with van der Waals surface area (Å²) >= 11 is 7.37. The van der Waals surface area contributed by atoms with Crippen LogP contribution in [0, 0.1) is 0 Å². The number of alkyl halides is 3. The zero-order chi connectivity index (χ0) is 39.8. The van der Waals surface area contributed by atoms with E-state index in [4.69, 9.17) is 30.9 Å². The zero-order valence-electron chi connectivity index (χ0n) is 32.9. The van der Waals surface area contributed by atoms with E-state index in [1.807, 2.05) is 46.2 Å². The molecule has 0 spiro atoms. The molecule has 328 valence electrons. The van der Waals surface area contributed by atoms with Crippen LogP contribution in [-0.4, -0.2) is 123 Å². The van der Waals surface area contributed by atoms with Gasteiger partial charge in [0.2, 0.25) is 6.79 Å². The Balaban J connectivity index is 0.000000253. The van der Waals surface area contributed by atoms with Gasteiger partial charge in [-0.3, -0.25) is 14.6 Å². The first-order valence-corrected chi connectivity index (χ1v) is 20.4. The van der Waals surface area contributed by atoms with Crippen LogP contribution < -0.4 is 19.1 Å². The highest BCUT2D eigenvalue weighted by atomic mass is 35.5. The molecule has 0 unspecified atom stereocenters. The van der Waals surface area contributed by atoms with Crippen molar-refractivity contribution < 1.29 is 37.3 Å². The minimum atomic E-state index is -4.35. The standard InChI is InChI=1S/C22H26F3N3OS.C20H21ClN2O4.3ClH/c23-22(24,25)17-6-7-21-19(16-17)28(18-4-1-2-5-20(18)30-21)9-3-8-26-10-12-27(13-11-26)14-15-29;21-16-2-4-17(5-3-16)25-13-20(24)23-9-7-22(8-10-23)12-15-1-6-18-19(11-15)27-14-26-18;;;/h1-2,4-7,16,29H,3,8-15H2;1-6,11H,7-10,12-14H2;3*1H. The molecule has 4 aliphatic heterocycles. The second-order valence-electron chi connectivity index (χ2n) is 14.2. The number of hydrogen-bond acceptors (Lipinski definition) is 10. The van der Waals surface area contributed by atoms with Crippen molar-refractivity contribution in [2.45, 2.75) is 28.9 Å². The molecule has 18 heteroatoms. The maximum Gasteiger partial charge on any atom is 0.416 e. The molecule has 60 heavy (non-hydrogen) atoms. The molecule has 4 heterocycles. The van der Waals surface area contributed by atoms with Crippen LogP contribution in [0.2, 0.25) is 5.02 Å². The van der Waals surface area contributed by atoms with Crippen LogP contribution in [0.25, 0.3) is 0 Å². The summed E-state index contributed by atoms with van der Waals surface area (Å²) in [6.45, 7) is 10.5. The predicted octanol–water partition coefficient (Wildman–Crippen LogP) is 8.37. The number of rotatable bonds is 11. The number of carbonyl (C=O) groups is 1. The van der Waals surface area contributed by atoms with Crippen molar-refractivity contribution in [1.82, 2.24) is 19.6 Å². The molecule has 4 aromatic rings. The number of hydrogen-bond donors (Lipinski definition) is 1. The number of aliphatic hydroxyl groups is 1. The lowest BCUT2D eigenvalue weighted by Gasteiger charge is -2.36. The number of piperazine rings is 2. The Morgan fingerprint density at radius 3 is 2.08 bits per heavy atom. The third kappa shape index (κ3) is 13.1. The van der Waals surface area contributed by atoms with E-state index in [0.717, 1.165) is 85.8 Å². The van der Waals surface area contributed by atoms with Crippen molar-refractivity contribution in [3.8, 4) is 17.2 Å². The molecule has 4 aliphatic rings. The number of carbonyl (C=O) groups excluding carboxylic acids is 1. The summed E-state index contributed by atoms with van der Waals surface area (Å²) in [6, 6.07) is 25.0. The lowest BCUT2D eigenvalue weighted by Crippen LogP contribution is -2.49. The van der Waals surface area contributed by atoms with Crippen molar-refractivity contribution in [1.29, 1.82) is 0 Å². The van der Waals surface area contributed by atoms with Crippen molar-refractivity contribution in [2.24, 2.45) is 0 Å². The molecule has 0 radical (unpaired) electrons. The predicted molar refractivity (Wildman–Crippen MR) is 237 cm³/mol. The van der Waals surface area contributed by atoms with Crippen LogP contribution in [0.5, 0.6) is 17.2 Å². The molecule has 4 aromatic carbocycles. The van der Waals surface area contributed by atoms with Gasteiger partial charge in [-0.25, -0.2) is 0 Å². The van der Waals surface area contributed by atoms with Crippen LogP contribution >= 0.6 is 60.6 Å². The monoisotopic (exact) mass is 933 g/mol. The topological polar surface area (TPSA) is 81.2 Å². The quantitative estimate of drug-likeness (QED) is 0.159. The SMILES string of the molecule is Cl.Cl.Cl.O=C(COc1ccc(Cl)cc1)N1CCN(Cc2ccc3c(c2)OCO3)CC1.OCCN1CCN(CCCN2c3ccccc3Sc3ccc(C(F)(F)F)cc32)CC1. The zero-order valence-corrected chi connectivity index (χ0v) is 36.9. The van der Waals surface area contributed by atoms with Gasteiger partial charge in [0, 0.05) is 86.8 Å². The Bertz CT molecular complexity index is 1970. The molecule has 0 bridgehead atoms. The molecular weight excluding hydrogens is 885 g/mol. The summed E-state index contributed by atoms with van der Waals surface area (Å²) in [5.41, 5.74) is 2.19.